The minimum Gasteiger partial charge on any atom is -0.354 e. The second kappa shape index (κ2) is 7.82. The number of nitrogens with zero attached hydrogens (tertiary/aromatic N) is 1. The van der Waals surface area contributed by atoms with Crippen LogP contribution in [0, 0.1) is 5.92 Å². The molecule has 2 rings (SSSR count). The lowest BCUT2D eigenvalue weighted by molar-refractivity contribution is -0.141. The van der Waals surface area contributed by atoms with E-state index in [0.717, 1.165) is 18.4 Å². The summed E-state index contributed by atoms with van der Waals surface area (Å²) in [5.74, 6) is 0.590. The van der Waals surface area contributed by atoms with Gasteiger partial charge in [-0.2, -0.15) is 0 Å². The molecule has 1 saturated heterocycles. The first kappa shape index (κ1) is 18.5. The lowest BCUT2D eigenvalue weighted by atomic mass is 9.96. The summed E-state index contributed by atoms with van der Waals surface area (Å²) in [4.78, 5) is 26.8. The van der Waals surface area contributed by atoms with Crippen molar-refractivity contribution in [1.29, 1.82) is 0 Å². The number of nitrogens with one attached hydrogen (secondary N) is 1. The van der Waals surface area contributed by atoms with Crippen LogP contribution >= 0.6 is 0 Å². The Morgan fingerprint density at radius 2 is 1.88 bits per heavy atom. The fraction of sp³-hybridized carbons (Fsp3) is 0.600. The summed E-state index contributed by atoms with van der Waals surface area (Å²) in [5.41, 5.74) is 1.61. The number of hydrogen-bond acceptors (Lipinski definition) is 2. The monoisotopic (exact) mass is 330 g/mol. The number of aryl methyl sites for hydroxylation is 1. The maximum absolute atomic E-state index is 12.7. The van der Waals surface area contributed by atoms with E-state index in [1.54, 1.807) is 4.90 Å². The van der Waals surface area contributed by atoms with Crippen molar-refractivity contribution in [2.75, 3.05) is 6.54 Å². The Morgan fingerprint density at radius 3 is 2.46 bits per heavy atom. The molecule has 2 amide bonds. The Balaban J connectivity index is 2.07. The number of hydrogen-bond donors (Lipinski definition) is 1. The van der Waals surface area contributed by atoms with Gasteiger partial charge in [-0.15, -0.1) is 0 Å². The van der Waals surface area contributed by atoms with Crippen molar-refractivity contribution < 1.29 is 9.59 Å². The minimum absolute atomic E-state index is 0.0285. The minimum atomic E-state index is -0.739. The van der Waals surface area contributed by atoms with Crippen LogP contribution in [0.3, 0.4) is 0 Å². The van der Waals surface area contributed by atoms with Crippen LogP contribution in [0.25, 0.3) is 0 Å². The van der Waals surface area contributed by atoms with Gasteiger partial charge in [0.05, 0.1) is 0 Å². The molecule has 1 aromatic carbocycles. The second-order valence-corrected chi connectivity index (χ2v) is 7.36. The summed E-state index contributed by atoms with van der Waals surface area (Å²) < 4.78 is 0. The van der Waals surface area contributed by atoms with Gasteiger partial charge in [-0.1, -0.05) is 45.0 Å². The van der Waals surface area contributed by atoms with Crippen LogP contribution in [0.5, 0.6) is 0 Å². The number of rotatable bonds is 7. The second-order valence-electron chi connectivity index (χ2n) is 7.36. The molecule has 1 aliphatic rings. The highest BCUT2D eigenvalue weighted by atomic mass is 16.2. The molecule has 0 unspecified atom stereocenters. The van der Waals surface area contributed by atoms with Gasteiger partial charge in [0, 0.05) is 19.5 Å². The van der Waals surface area contributed by atoms with Gasteiger partial charge in [0.2, 0.25) is 11.8 Å². The third-order valence-electron chi connectivity index (χ3n) is 4.99. The van der Waals surface area contributed by atoms with E-state index in [1.165, 1.54) is 5.56 Å². The van der Waals surface area contributed by atoms with Crippen molar-refractivity contribution in [3.8, 4) is 0 Å². The lowest BCUT2D eigenvalue weighted by Crippen LogP contribution is -2.54. The standard InChI is InChI=1S/C20H30N2O2/c1-5-16-6-8-17(9-7-16)14-22-18(23)10-12-20(22,4)19(24)21-13-11-15(2)3/h6-9,15H,5,10-14H2,1-4H3,(H,21,24)/t20-/m0/s1. The van der Waals surface area contributed by atoms with E-state index in [1.807, 2.05) is 6.92 Å². The highest BCUT2D eigenvalue weighted by Gasteiger charge is 2.46. The Morgan fingerprint density at radius 1 is 1.25 bits per heavy atom. The van der Waals surface area contributed by atoms with Crippen LogP contribution in [0.15, 0.2) is 24.3 Å². The molecular formula is C20H30N2O2. The third-order valence-corrected chi connectivity index (χ3v) is 4.99. The van der Waals surface area contributed by atoms with Crippen molar-refractivity contribution >= 4 is 11.8 Å². The summed E-state index contributed by atoms with van der Waals surface area (Å²) in [6, 6.07) is 8.30. The summed E-state index contributed by atoms with van der Waals surface area (Å²) >= 11 is 0. The maximum Gasteiger partial charge on any atom is 0.245 e. The molecule has 0 aliphatic carbocycles. The van der Waals surface area contributed by atoms with Crippen LogP contribution in [0.4, 0.5) is 0 Å². The predicted molar refractivity (Wildman–Crippen MR) is 96.5 cm³/mol. The van der Waals surface area contributed by atoms with Crippen molar-refractivity contribution in [1.82, 2.24) is 10.2 Å². The van der Waals surface area contributed by atoms with Crippen LogP contribution in [0.1, 0.15) is 58.1 Å². The molecule has 24 heavy (non-hydrogen) atoms. The van der Waals surface area contributed by atoms with Gasteiger partial charge >= 0.3 is 0 Å². The molecule has 1 heterocycles. The number of likely N-dealkylation sites (tertiary alicyclic amines) is 1. The Kier molecular flexibility index (Phi) is 6.03. The average Bonchev–Trinajstić information content (AvgIpc) is 2.85. The first-order valence-electron chi connectivity index (χ1n) is 9.03. The van der Waals surface area contributed by atoms with E-state index >= 15 is 0 Å². The van der Waals surface area contributed by atoms with Gasteiger partial charge in [-0.05, 0) is 43.2 Å². The fourth-order valence-corrected chi connectivity index (χ4v) is 3.12. The van der Waals surface area contributed by atoms with Gasteiger partial charge < -0.3 is 10.2 Å². The first-order chi connectivity index (χ1) is 11.4. The SMILES string of the molecule is CCc1ccc(CN2C(=O)CC[C@@]2(C)C(=O)NCCC(C)C)cc1. The quantitative estimate of drug-likeness (QED) is 0.834. The fourth-order valence-electron chi connectivity index (χ4n) is 3.12. The first-order valence-corrected chi connectivity index (χ1v) is 9.03. The van der Waals surface area contributed by atoms with Gasteiger partial charge in [0.25, 0.3) is 0 Å². The highest BCUT2D eigenvalue weighted by molar-refractivity contribution is 5.94. The van der Waals surface area contributed by atoms with Gasteiger partial charge in [-0.3, -0.25) is 9.59 Å². The molecule has 0 bridgehead atoms. The Bertz CT molecular complexity index is 580. The van der Waals surface area contributed by atoms with E-state index in [9.17, 15) is 9.59 Å². The van der Waals surface area contributed by atoms with Crippen molar-refractivity contribution in [3.05, 3.63) is 35.4 Å². The van der Waals surface area contributed by atoms with Gasteiger partial charge in [0.15, 0.2) is 0 Å². The molecule has 4 heteroatoms. The molecular weight excluding hydrogens is 300 g/mol. The largest absolute Gasteiger partial charge is 0.354 e. The van der Waals surface area contributed by atoms with Crippen LogP contribution in [-0.4, -0.2) is 28.8 Å². The van der Waals surface area contributed by atoms with E-state index in [0.29, 0.717) is 31.8 Å². The summed E-state index contributed by atoms with van der Waals surface area (Å²) in [6.07, 6.45) is 2.99. The van der Waals surface area contributed by atoms with Crippen molar-refractivity contribution in [2.24, 2.45) is 5.92 Å². The zero-order valence-electron chi connectivity index (χ0n) is 15.4. The molecule has 0 radical (unpaired) electrons. The van der Waals surface area contributed by atoms with E-state index in [-0.39, 0.29) is 11.8 Å². The molecule has 1 atom stereocenters. The molecule has 4 nitrogen and oxygen atoms in total. The molecule has 0 aromatic heterocycles. The maximum atomic E-state index is 12.7. The molecule has 0 saturated carbocycles. The molecule has 1 aliphatic heterocycles. The number of carbonyl (C=O) groups is 2. The smallest absolute Gasteiger partial charge is 0.245 e. The molecule has 132 valence electrons. The summed E-state index contributed by atoms with van der Waals surface area (Å²) in [6.45, 7) is 9.45. The molecule has 1 N–H and O–H groups in total. The van der Waals surface area contributed by atoms with E-state index < -0.39 is 5.54 Å². The number of amides is 2. The van der Waals surface area contributed by atoms with Crippen LogP contribution in [0.2, 0.25) is 0 Å². The van der Waals surface area contributed by atoms with Crippen molar-refractivity contribution in [2.45, 2.75) is 65.5 Å². The number of carbonyl (C=O) groups excluding carboxylic acids is 2. The van der Waals surface area contributed by atoms with Crippen LogP contribution < -0.4 is 5.32 Å². The summed E-state index contributed by atoms with van der Waals surface area (Å²) in [5, 5.41) is 3.02. The molecule has 1 fully saturated rings. The average molecular weight is 330 g/mol. The van der Waals surface area contributed by atoms with Crippen molar-refractivity contribution in [3.63, 3.8) is 0 Å². The number of benzene rings is 1. The zero-order valence-corrected chi connectivity index (χ0v) is 15.4. The highest BCUT2D eigenvalue weighted by Crippen LogP contribution is 2.32. The molecule has 1 aromatic rings. The normalized spacial score (nSPS) is 20.7. The van der Waals surface area contributed by atoms with Gasteiger partial charge in [0.1, 0.15) is 5.54 Å². The van der Waals surface area contributed by atoms with E-state index in [4.69, 9.17) is 0 Å². The predicted octanol–water partition coefficient (Wildman–Crippen LogP) is 3.29. The zero-order chi connectivity index (χ0) is 17.7. The van der Waals surface area contributed by atoms with Gasteiger partial charge in [-0.25, -0.2) is 0 Å². The Hall–Kier alpha value is -1.84. The Labute approximate surface area is 145 Å². The molecule has 0 spiro atoms. The topological polar surface area (TPSA) is 49.4 Å². The van der Waals surface area contributed by atoms with Crippen LogP contribution in [-0.2, 0) is 22.6 Å². The lowest BCUT2D eigenvalue weighted by Gasteiger charge is -2.34. The van der Waals surface area contributed by atoms with E-state index in [2.05, 4.69) is 50.4 Å². The third kappa shape index (κ3) is 4.16. The summed E-state index contributed by atoms with van der Waals surface area (Å²) in [7, 11) is 0.